The summed E-state index contributed by atoms with van der Waals surface area (Å²) in [5, 5.41) is 0. The molecule has 19 heavy (non-hydrogen) atoms. The molecule has 0 heterocycles. The summed E-state index contributed by atoms with van der Waals surface area (Å²) in [6.07, 6.45) is 0. The maximum atomic E-state index is 12.2. The van der Waals surface area contributed by atoms with Crippen molar-refractivity contribution in [1.29, 1.82) is 0 Å². The van der Waals surface area contributed by atoms with Gasteiger partial charge >= 0.3 is 5.97 Å². The van der Waals surface area contributed by atoms with Crippen LogP contribution < -0.4 is 0 Å². The molecule has 0 spiro atoms. The van der Waals surface area contributed by atoms with Crippen LogP contribution in [0, 0.1) is 0 Å². The molecule has 0 aliphatic carbocycles. The largest absolute Gasteiger partial charge is 0.456 e. The number of esters is 1. The Morgan fingerprint density at radius 1 is 0.895 bits per heavy atom. The fourth-order valence-corrected chi connectivity index (χ4v) is 1.86. The molecule has 0 N–H and O–H groups in total. The van der Waals surface area contributed by atoms with Crippen LogP contribution in [0.3, 0.4) is 0 Å². The first kappa shape index (κ1) is 13.3. The highest BCUT2D eigenvalue weighted by atomic mass is 16.6. The highest BCUT2D eigenvalue weighted by molar-refractivity contribution is 5.97. The van der Waals surface area contributed by atoms with E-state index in [1.807, 2.05) is 69.3 Å². The third-order valence-corrected chi connectivity index (χ3v) is 2.63. The van der Waals surface area contributed by atoms with Gasteiger partial charge in [-0.15, -0.1) is 0 Å². The van der Waals surface area contributed by atoms with Crippen molar-refractivity contribution in [3.63, 3.8) is 0 Å². The SMILES string of the molecule is CC(C)(C)OC(=O)c1ccccc1-c1ccccc1. The predicted octanol–water partition coefficient (Wildman–Crippen LogP) is 4.31. The van der Waals surface area contributed by atoms with Gasteiger partial charge in [-0.05, 0) is 38.0 Å². The molecule has 0 aromatic heterocycles. The first-order valence-corrected chi connectivity index (χ1v) is 6.35. The fourth-order valence-electron chi connectivity index (χ4n) is 1.86. The van der Waals surface area contributed by atoms with Crippen LogP contribution in [0.4, 0.5) is 0 Å². The molecular formula is C17H18O2. The molecule has 0 unspecified atom stereocenters. The van der Waals surface area contributed by atoms with E-state index < -0.39 is 5.60 Å². The summed E-state index contributed by atoms with van der Waals surface area (Å²) < 4.78 is 5.45. The molecule has 2 nitrogen and oxygen atoms in total. The van der Waals surface area contributed by atoms with Gasteiger partial charge in [0.25, 0.3) is 0 Å². The van der Waals surface area contributed by atoms with Gasteiger partial charge in [0.05, 0.1) is 5.56 Å². The van der Waals surface area contributed by atoms with Crippen LogP contribution in [0.15, 0.2) is 54.6 Å². The zero-order valence-electron chi connectivity index (χ0n) is 11.5. The van der Waals surface area contributed by atoms with Crippen LogP contribution in [-0.2, 0) is 4.74 Å². The van der Waals surface area contributed by atoms with Crippen molar-refractivity contribution in [2.45, 2.75) is 26.4 Å². The van der Waals surface area contributed by atoms with Gasteiger partial charge in [0.1, 0.15) is 5.60 Å². The highest BCUT2D eigenvalue weighted by Crippen LogP contribution is 2.25. The van der Waals surface area contributed by atoms with Crippen LogP contribution in [0.25, 0.3) is 11.1 Å². The van der Waals surface area contributed by atoms with E-state index in [2.05, 4.69) is 0 Å². The molecule has 98 valence electrons. The predicted molar refractivity (Wildman–Crippen MR) is 77.0 cm³/mol. The molecule has 0 atom stereocenters. The third kappa shape index (κ3) is 3.44. The number of ether oxygens (including phenoxy) is 1. The van der Waals surface area contributed by atoms with E-state index >= 15 is 0 Å². The van der Waals surface area contributed by atoms with E-state index in [1.54, 1.807) is 6.07 Å². The van der Waals surface area contributed by atoms with E-state index in [0.717, 1.165) is 11.1 Å². The van der Waals surface area contributed by atoms with Crippen molar-refractivity contribution in [3.05, 3.63) is 60.2 Å². The summed E-state index contributed by atoms with van der Waals surface area (Å²) in [4.78, 5) is 12.2. The van der Waals surface area contributed by atoms with Gasteiger partial charge < -0.3 is 4.74 Å². The summed E-state index contributed by atoms with van der Waals surface area (Å²) in [5.74, 6) is -0.285. The molecule has 0 radical (unpaired) electrons. The van der Waals surface area contributed by atoms with E-state index in [4.69, 9.17) is 4.74 Å². The minimum atomic E-state index is -0.485. The lowest BCUT2D eigenvalue weighted by Crippen LogP contribution is -2.24. The summed E-state index contributed by atoms with van der Waals surface area (Å²) in [6, 6.07) is 17.4. The molecule has 0 amide bonds. The monoisotopic (exact) mass is 254 g/mol. The summed E-state index contributed by atoms with van der Waals surface area (Å²) in [5.41, 5.74) is 2.03. The fraction of sp³-hybridized carbons (Fsp3) is 0.235. The van der Waals surface area contributed by atoms with Crippen LogP contribution in [0.1, 0.15) is 31.1 Å². The normalized spacial score (nSPS) is 11.1. The van der Waals surface area contributed by atoms with E-state index in [1.165, 1.54) is 0 Å². The Hall–Kier alpha value is -2.09. The number of carbonyl (C=O) groups excluding carboxylic acids is 1. The lowest BCUT2D eigenvalue weighted by molar-refractivity contribution is 0.00705. The topological polar surface area (TPSA) is 26.3 Å². The lowest BCUT2D eigenvalue weighted by atomic mass is 10.00. The Morgan fingerprint density at radius 2 is 1.47 bits per heavy atom. The quantitative estimate of drug-likeness (QED) is 0.746. The molecular weight excluding hydrogens is 236 g/mol. The number of hydrogen-bond acceptors (Lipinski definition) is 2. The van der Waals surface area contributed by atoms with Gasteiger partial charge in [-0.2, -0.15) is 0 Å². The minimum Gasteiger partial charge on any atom is -0.456 e. The number of hydrogen-bond donors (Lipinski definition) is 0. The van der Waals surface area contributed by atoms with E-state index in [9.17, 15) is 4.79 Å². The smallest absolute Gasteiger partial charge is 0.339 e. The summed E-state index contributed by atoms with van der Waals surface area (Å²) in [7, 11) is 0. The number of rotatable bonds is 2. The number of benzene rings is 2. The average molecular weight is 254 g/mol. The molecule has 0 fully saturated rings. The molecule has 0 saturated carbocycles. The van der Waals surface area contributed by atoms with Crippen LogP contribution >= 0.6 is 0 Å². The summed E-state index contributed by atoms with van der Waals surface area (Å²) >= 11 is 0. The highest BCUT2D eigenvalue weighted by Gasteiger charge is 2.20. The second kappa shape index (κ2) is 5.27. The maximum absolute atomic E-state index is 12.2. The Kier molecular flexibility index (Phi) is 3.70. The first-order chi connectivity index (χ1) is 8.97. The molecule has 2 aromatic rings. The van der Waals surface area contributed by atoms with Gasteiger partial charge in [0.15, 0.2) is 0 Å². The van der Waals surface area contributed by atoms with Gasteiger partial charge in [-0.3, -0.25) is 0 Å². The molecule has 2 heteroatoms. The number of carbonyl (C=O) groups is 1. The summed E-state index contributed by atoms with van der Waals surface area (Å²) in [6.45, 7) is 5.61. The maximum Gasteiger partial charge on any atom is 0.339 e. The van der Waals surface area contributed by atoms with Crippen molar-refractivity contribution in [2.75, 3.05) is 0 Å². The van der Waals surface area contributed by atoms with Crippen LogP contribution in [0.5, 0.6) is 0 Å². The Balaban J connectivity index is 2.40. The van der Waals surface area contributed by atoms with Gasteiger partial charge in [-0.25, -0.2) is 4.79 Å². The average Bonchev–Trinajstić information content (AvgIpc) is 2.38. The van der Waals surface area contributed by atoms with Crippen LogP contribution in [0.2, 0.25) is 0 Å². The van der Waals surface area contributed by atoms with Gasteiger partial charge in [0.2, 0.25) is 0 Å². The Labute approximate surface area is 114 Å². The second-order valence-electron chi connectivity index (χ2n) is 5.41. The second-order valence-corrected chi connectivity index (χ2v) is 5.41. The van der Waals surface area contributed by atoms with E-state index in [-0.39, 0.29) is 5.97 Å². The lowest BCUT2D eigenvalue weighted by Gasteiger charge is -2.20. The third-order valence-electron chi connectivity index (χ3n) is 2.63. The van der Waals surface area contributed by atoms with Gasteiger partial charge in [-0.1, -0.05) is 48.5 Å². The van der Waals surface area contributed by atoms with Crippen molar-refractivity contribution in [2.24, 2.45) is 0 Å². The Bertz CT molecular complexity index is 565. The van der Waals surface area contributed by atoms with Gasteiger partial charge in [0, 0.05) is 0 Å². The molecule has 2 rings (SSSR count). The molecule has 0 aliphatic heterocycles. The minimum absolute atomic E-state index is 0.285. The first-order valence-electron chi connectivity index (χ1n) is 6.35. The zero-order chi connectivity index (χ0) is 13.9. The molecule has 0 bridgehead atoms. The zero-order valence-corrected chi connectivity index (χ0v) is 11.5. The molecule has 0 saturated heterocycles. The Morgan fingerprint density at radius 3 is 2.11 bits per heavy atom. The van der Waals surface area contributed by atoms with Crippen molar-refractivity contribution < 1.29 is 9.53 Å². The van der Waals surface area contributed by atoms with Crippen LogP contribution in [-0.4, -0.2) is 11.6 Å². The van der Waals surface area contributed by atoms with Crippen molar-refractivity contribution in [1.82, 2.24) is 0 Å². The van der Waals surface area contributed by atoms with Crippen molar-refractivity contribution >= 4 is 5.97 Å². The molecule has 2 aromatic carbocycles. The standard InChI is InChI=1S/C17H18O2/c1-17(2,3)19-16(18)15-12-8-7-11-14(15)13-9-5-4-6-10-13/h4-12H,1-3H3. The van der Waals surface area contributed by atoms with E-state index in [0.29, 0.717) is 5.56 Å². The van der Waals surface area contributed by atoms with Crippen molar-refractivity contribution in [3.8, 4) is 11.1 Å². The molecule has 0 aliphatic rings.